The van der Waals surface area contributed by atoms with E-state index in [1.54, 1.807) is 17.7 Å². The maximum absolute atomic E-state index is 12.5. The summed E-state index contributed by atoms with van der Waals surface area (Å²) in [4.78, 5) is 27.0. The van der Waals surface area contributed by atoms with E-state index in [0.717, 1.165) is 48.6 Å². The normalized spacial score (nSPS) is 27.0. The van der Waals surface area contributed by atoms with Gasteiger partial charge in [-0.1, -0.05) is 26.7 Å². The van der Waals surface area contributed by atoms with Gasteiger partial charge in [0.15, 0.2) is 0 Å². The lowest BCUT2D eigenvalue weighted by molar-refractivity contribution is -0.123. The molecular weight excluding hydrogens is 358 g/mol. The molecule has 3 heterocycles. The molecule has 1 saturated carbocycles. The molecule has 2 aromatic rings. The highest BCUT2D eigenvalue weighted by atomic mass is 32.1. The summed E-state index contributed by atoms with van der Waals surface area (Å²) in [6, 6.07) is 2.44. The van der Waals surface area contributed by atoms with Gasteiger partial charge in [-0.2, -0.15) is 0 Å². The lowest BCUT2D eigenvalue weighted by atomic mass is 9.78. The number of carbonyl (C=O) groups excluding carboxylic acids is 1. The Morgan fingerprint density at radius 2 is 2.04 bits per heavy atom. The maximum Gasteiger partial charge on any atom is 0.234 e. The van der Waals surface area contributed by atoms with Crippen molar-refractivity contribution < 1.29 is 4.79 Å². The highest BCUT2D eigenvalue weighted by Gasteiger charge is 2.29. The highest BCUT2D eigenvalue weighted by molar-refractivity contribution is 7.16. The van der Waals surface area contributed by atoms with Crippen molar-refractivity contribution in [1.82, 2.24) is 20.2 Å². The molecule has 0 radical (unpaired) electrons. The van der Waals surface area contributed by atoms with E-state index in [1.165, 1.54) is 12.8 Å². The molecule has 1 N–H and O–H groups in total. The third-order valence-corrected chi connectivity index (χ3v) is 7.15. The van der Waals surface area contributed by atoms with Crippen molar-refractivity contribution in [2.75, 3.05) is 37.6 Å². The summed E-state index contributed by atoms with van der Waals surface area (Å²) in [5, 5.41) is 6.50. The first-order valence-corrected chi connectivity index (χ1v) is 10.9. The van der Waals surface area contributed by atoms with Crippen LogP contribution in [-0.2, 0) is 4.79 Å². The van der Waals surface area contributed by atoms with E-state index >= 15 is 0 Å². The first-order chi connectivity index (χ1) is 13.1. The Morgan fingerprint density at radius 3 is 2.85 bits per heavy atom. The number of nitrogens with zero attached hydrogens (tertiary/aromatic N) is 4. The Hall–Kier alpha value is -1.73. The number of hydrogen-bond donors (Lipinski definition) is 1. The third-order valence-electron chi connectivity index (χ3n) is 6.33. The molecule has 4 rings (SSSR count). The lowest BCUT2D eigenvalue weighted by Gasteiger charge is -2.37. The summed E-state index contributed by atoms with van der Waals surface area (Å²) in [6.07, 6.45) is 5.29. The van der Waals surface area contributed by atoms with Gasteiger partial charge in [-0.3, -0.25) is 9.69 Å². The molecule has 3 unspecified atom stereocenters. The largest absolute Gasteiger partial charge is 0.353 e. The first kappa shape index (κ1) is 18.6. The summed E-state index contributed by atoms with van der Waals surface area (Å²) in [7, 11) is 0. The summed E-state index contributed by atoms with van der Waals surface area (Å²) in [6.45, 7) is 8.65. The molecule has 2 aliphatic rings. The molecule has 6 nitrogen and oxygen atoms in total. The minimum Gasteiger partial charge on any atom is -0.353 e. The van der Waals surface area contributed by atoms with E-state index < -0.39 is 0 Å². The predicted molar refractivity (Wildman–Crippen MR) is 110 cm³/mol. The van der Waals surface area contributed by atoms with Gasteiger partial charge in [0.05, 0.1) is 11.9 Å². The minimum atomic E-state index is 0.177. The fourth-order valence-corrected chi connectivity index (χ4v) is 5.12. The van der Waals surface area contributed by atoms with Crippen LogP contribution in [0.3, 0.4) is 0 Å². The quantitative estimate of drug-likeness (QED) is 0.874. The second-order valence-electron chi connectivity index (χ2n) is 8.04. The Bertz CT molecular complexity index is 786. The molecule has 1 amide bonds. The molecule has 0 aromatic carbocycles. The van der Waals surface area contributed by atoms with E-state index in [-0.39, 0.29) is 5.91 Å². The molecule has 2 fully saturated rings. The van der Waals surface area contributed by atoms with Gasteiger partial charge in [0.25, 0.3) is 0 Å². The van der Waals surface area contributed by atoms with Crippen LogP contribution in [0, 0.1) is 11.8 Å². The standard InChI is InChI=1S/C20H29N5OS/c1-14-4-3-5-17(15(14)2)23-18(26)12-24-7-9-25(10-8-24)19-16-6-11-27-20(16)22-13-21-19/h6,11,13-15,17H,3-5,7-10,12H2,1-2H3,(H,23,26). The molecule has 1 aliphatic carbocycles. The number of fused-ring (bicyclic) bond motifs is 1. The number of anilines is 1. The van der Waals surface area contributed by atoms with Crippen molar-refractivity contribution in [3.05, 3.63) is 17.8 Å². The Kier molecular flexibility index (Phi) is 5.59. The van der Waals surface area contributed by atoms with Gasteiger partial charge in [-0.05, 0) is 29.7 Å². The van der Waals surface area contributed by atoms with Crippen molar-refractivity contribution >= 4 is 33.3 Å². The molecule has 1 saturated heterocycles. The number of rotatable bonds is 4. The highest BCUT2D eigenvalue weighted by Crippen LogP contribution is 2.29. The lowest BCUT2D eigenvalue weighted by Crippen LogP contribution is -2.52. The van der Waals surface area contributed by atoms with Crippen LogP contribution in [0.4, 0.5) is 5.82 Å². The fourth-order valence-electron chi connectivity index (χ4n) is 4.39. The Balaban J connectivity index is 1.29. The monoisotopic (exact) mass is 387 g/mol. The Morgan fingerprint density at radius 1 is 1.22 bits per heavy atom. The van der Waals surface area contributed by atoms with Crippen molar-refractivity contribution in [3.8, 4) is 0 Å². The van der Waals surface area contributed by atoms with Crippen molar-refractivity contribution in [3.63, 3.8) is 0 Å². The van der Waals surface area contributed by atoms with Gasteiger partial charge >= 0.3 is 0 Å². The average molecular weight is 388 g/mol. The van der Waals surface area contributed by atoms with Gasteiger partial charge in [-0.15, -0.1) is 11.3 Å². The summed E-state index contributed by atoms with van der Waals surface area (Å²) in [5.41, 5.74) is 0. The molecule has 1 aliphatic heterocycles. The number of carbonyl (C=O) groups is 1. The minimum absolute atomic E-state index is 0.177. The molecule has 27 heavy (non-hydrogen) atoms. The summed E-state index contributed by atoms with van der Waals surface area (Å²) >= 11 is 1.65. The van der Waals surface area contributed by atoms with Crippen LogP contribution in [0.1, 0.15) is 33.1 Å². The zero-order valence-electron chi connectivity index (χ0n) is 16.2. The number of amides is 1. The molecule has 0 bridgehead atoms. The van der Waals surface area contributed by atoms with E-state index in [0.29, 0.717) is 24.4 Å². The second kappa shape index (κ2) is 8.10. The van der Waals surface area contributed by atoms with Crippen molar-refractivity contribution in [2.24, 2.45) is 11.8 Å². The van der Waals surface area contributed by atoms with Crippen LogP contribution in [0.15, 0.2) is 17.8 Å². The maximum atomic E-state index is 12.5. The van der Waals surface area contributed by atoms with Crippen LogP contribution in [0.25, 0.3) is 10.2 Å². The van der Waals surface area contributed by atoms with Crippen molar-refractivity contribution in [2.45, 2.75) is 39.2 Å². The number of hydrogen-bond acceptors (Lipinski definition) is 6. The van der Waals surface area contributed by atoms with Gasteiger partial charge < -0.3 is 10.2 Å². The zero-order chi connectivity index (χ0) is 18.8. The number of piperazine rings is 1. The van der Waals surface area contributed by atoms with E-state index in [2.05, 4.69) is 50.4 Å². The van der Waals surface area contributed by atoms with Crippen LogP contribution < -0.4 is 10.2 Å². The van der Waals surface area contributed by atoms with Crippen LogP contribution in [-0.4, -0.2) is 59.5 Å². The van der Waals surface area contributed by atoms with E-state index in [9.17, 15) is 4.79 Å². The van der Waals surface area contributed by atoms with Gasteiger partial charge in [0.2, 0.25) is 5.91 Å². The molecule has 0 spiro atoms. The van der Waals surface area contributed by atoms with Crippen LogP contribution in [0.2, 0.25) is 0 Å². The topological polar surface area (TPSA) is 61.4 Å². The summed E-state index contributed by atoms with van der Waals surface area (Å²) < 4.78 is 0. The molecule has 3 atom stereocenters. The molecule has 2 aromatic heterocycles. The number of thiophene rings is 1. The summed E-state index contributed by atoms with van der Waals surface area (Å²) in [5.74, 6) is 2.48. The van der Waals surface area contributed by atoms with Crippen LogP contribution >= 0.6 is 11.3 Å². The second-order valence-corrected chi connectivity index (χ2v) is 8.94. The van der Waals surface area contributed by atoms with Gasteiger partial charge in [-0.25, -0.2) is 9.97 Å². The number of nitrogens with one attached hydrogen (secondary N) is 1. The van der Waals surface area contributed by atoms with Crippen molar-refractivity contribution in [1.29, 1.82) is 0 Å². The smallest absolute Gasteiger partial charge is 0.234 e. The number of aromatic nitrogens is 2. The SMILES string of the molecule is CC1CCCC(NC(=O)CN2CCN(c3ncnc4sccc34)CC2)C1C. The molecular formula is C20H29N5OS. The van der Waals surface area contributed by atoms with Gasteiger partial charge in [0, 0.05) is 32.2 Å². The molecule has 7 heteroatoms. The molecule has 146 valence electrons. The van der Waals surface area contributed by atoms with E-state index in [4.69, 9.17) is 0 Å². The third kappa shape index (κ3) is 4.09. The average Bonchev–Trinajstić information content (AvgIpc) is 3.15. The first-order valence-electron chi connectivity index (χ1n) is 10.1. The van der Waals surface area contributed by atoms with Crippen LogP contribution in [0.5, 0.6) is 0 Å². The van der Waals surface area contributed by atoms with E-state index in [1.807, 2.05) is 0 Å². The Labute approximate surface area is 165 Å². The predicted octanol–water partition coefficient (Wildman–Crippen LogP) is 2.75. The fraction of sp³-hybridized carbons (Fsp3) is 0.650. The zero-order valence-corrected chi connectivity index (χ0v) is 17.0. The van der Waals surface area contributed by atoms with Gasteiger partial charge in [0.1, 0.15) is 17.0 Å².